The molecule has 2 saturated heterocycles. The Morgan fingerprint density at radius 2 is 1.73 bits per heavy atom. The van der Waals surface area contributed by atoms with Gasteiger partial charge in [0.25, 0.3) is 0 Å². The lowest BCUT2D eigenvalue weighted by Crippen LogP contribution is -2.51. The van der Waals surface area contributed by atoms with Crippen molar-refractivity contribution in [1.82, 2.24) is 9.62 Å². The van der Waals surface area contributed by atoms with E-state index in [1.807, 2.05) is 13.8 Å². The highest BCUT2D eigenvalue weighted by atomic mass is 32.2. The van der Waals surface area contributed by atoms with Crippen LogP contribution in [0.25, 0.3) is 0 Å². The van der Waals surface area contributed by atoms with Crippen molar-refractivity contribution in [3.8, 4) is 5.75 Å². The Bertz CT molecular complexity index is 1420. The maximum atomic E-state index is 13.7. The Labute approximate surface area is 262 Å². The van der Waals surface area contributed by atoms with E-state index < -0.39 is 54.6 Å². The summed E-state index contributed by atoms with van der Waals surface area (Å²) in [5.74, 6) is 0.0101. The summed E-state index contributed by atoms with van der Waals surface area (Å²) in [6, 6.07) is 11.0. The minimum atomic E-state index is -4.38. The molecular formula is C29H41N2O12PS. The molecule has 0 aliphatic carbocycles. The quantitative estimate of drug-likeness (QED) is 0.172. The van der Waals surface area contributed by atoms with E-state index in [-0.39, 0.29) is 55.2 Å². The van der Waals surface area contributed by atoms with Gasteiger partial charge in [-0.15, -0.1) is 0 Å². The molecule has 1 amide bonds. The number of nitrogens with one attached hydrogen (secondary N) is 1. The van der Waals surface area contributed by atoms with Gasteiger partial charge in [0.15, 0.2) is 12.6 Å². The molecule has 16 heteroatoms. The van der Waals surface area contributed by atoms with Crippen molar-refractivity contribution >= 4 is 23.7 Å². The molecule has 0 bridgehead atoms. The fourth-order valence-corrected chi connectivity index (χ4v) is 7.16. The minimum absolute atomic E-state index is 0.00284. The first kappa shape index (κ1) is 35.3. The molecule has 0 spiro atoms. The van der Waals surface area contributed by atoms with Gasteiger partial charge in [-0.05, 0) is 54.2 Å². The maximum absolute atomic E-state index is 13.7. The predicted octanol–water partition coefficient (Wildman–Crippen LogP) is 1.80. The van der Waals surface area contributed by atoms with Crippen LogP contribution in [0.4, 0.5) is 4.79 Å². The number of sulfonamides is 1. The van der Waals surface area contributed by atoms with Gasteiger partial charge in [0.1, 0.15) is 11.9 Å². The van der Waals surface area contributed by atoms with E-state index in [1.165, 1.54) is 40.7 Å². The number of amides is 1. The van der Waals surface area contributed by atoms with Crippen LogP contribution in [-0.4, -0.2) is 96.0 Å². The molecule has 45 heavy (non-hydrogen) atoms. The maximum Gasteiger partial charge on any atom is 0.407 e. The van der Waals surface area contributed by atoms with Gasteiger partial charge in [-0.25, -0.2) is 13.2 Å². The molecule has 0 unspecified atom stereocenters. The van der Waals surface area contributed by atoms with E-state index in [0.717, 1.165) is 0 Å². The summed E-state index contributed by atoms with van der Waals surface area (Å²) in [4.78, 5) is 31.2. The van der Waals surface area contributed by atoms with Crippen molar-refractivity contribution in [2.24, 2.45) is 11.8 Å². The fraction of sp³-hybridized carbons (Fsp3) is 0.552. The van der Waals surface area contributed by atoms with Crippen molar-refractivity contribution in [1.29, 1.82) is 0 Å². The molecule has 2 aliphatic rings. The van der Waals surface area contributed by atoms with E-state index in [4.69, 9.17) is 28.7 Å². The standard InChI is InChI=1S/C29H41N2O12PS/c1-19(2)14-31(45(38,39)23-9-5-21(16-32)6-10-23)15-26(33)25(13-20-3-7-22(8-4-20)42-18-44(35,36)37)30-29(34)43-27-17-41-28-24(27)11-12-40-28/h3-10,19,24-28,32-33H,11-18H2,1-2H3,(H,30,34)(H2,35,36,37)/t24-,25-,26+,27-,28+/m0/s1. The predicted molar refractivity (Wildman–Crippen MR) is 161 cm³/mol. The third-order valence-electron chi connectivity index (χ3n) is 7.49. The monoisotopic (exact) mass is 672 g/mol. The Balaban J connectivity index is 1.53. The van der Waals surface area contributed by atoms with Crippen LogP contribution in [0.15, 0.2) is 53.4 Å². The molecule has 2 heterocycles. The third-order valence-corrected chi connectivity index (χ3v) is 9.80. The number of alkyl carbamates (subject to hydrolysis) is 1. The van der Waals surface area contributed by atoms with Crippen LogP contribution >= 0.6 is 7.60 Å². The number of carbonyl (C=O) groups excluding carboxylic acids is 1. The largest absolute Gasteiger partial charge is 0.481 e. The third kappa shape index (κ3) is 9.95. The van der Waals surface area contributed by atoms with Gasteiger partial charge >= 0.3 is 13.7 Å². The molecule has 0 aromatic heterocycles. The Kier molecular flexibility index (Phi) is 12.0. The highest BCUT2D eigenvalue weighted by Crippen LogP contribution is 2.35. The summed E-state index contributed by atoms with van der Waals surface area (Å²) in [6.07, 6.45) is -3.21. The smallest absolute Gasteiger partial charge is 0.407 e. The number of aliphatic hydroxyl groups is 2. The summed E-state index contributed by atoms with van der Waals surface area (Å²) in [7, 11) is -8.44. The van der Waals surface area contributed by atoms with Gasteiger partial charge in [0.2, 0.25) is 10.0 Å². The van der Waals surface area contributed by atoms with E-state index in [0.29, 0.717) is 24.2 Å². The molecule has 2 fully saturated rings. The highest BCUT2D eigenvalue weighted by Gasteiger charge is 2.44. The zero-order chi connectivity index (χ0) is 32.8. The highest BCUT2D eigenvalue weighted by molar-refractivity contribution is 7.89. The molecule has 2 aliphatic heterocycles. The minimum Gasteiger partial charge on any atom is -0.481 e. The summed E-state index contributed by atoms with van der Waals surface area (Å²) in [5.41, 5.74) is 1.17. The van der Waals surface area contributed by atoms with Crippen LogP contribution in [-0.2, 0) is 41.8 Å². The van der Waals surface area contributed by atoms with E-state index in [9.17, 15) is 28.0 Å². The first-order valence-corrected chi connectivity index (χ1v) is 17.8. The molecule has 5 atom stereocenters. The van der Waals surface area contributed by atoms with Gasteiger partial charge in [-0.2, -0.15) is 4.31 Å². The van der Waals surface area contributed by atoms with Crippen molar-refractivity contribution in [2.45, 2.75) is 62.7 Å². The molecule has 250 valence electrons. The van der Waals surface area contributed by atoms with Gasteiger partial charge in [0, 0.05) is 13.1 Å². The van der Waals surface area contributed by atoms with Gasteiger partial charge in [-0.3, -0.25) is 4.57 Å². The summed E-state index contributed by atoms with van der Waals surface area (Å²) in [5, 5.41) is 23.5. The average Bonchev–Trinajstić information content (AvgIpc) is 3.60. The second kappa shape index (κ2) is 15.3. The van der Waals surface area contributed by atoms with Gasteiger partial charge in [0.05, 0.1) is 42.8 Å². The average molecular weight is 673 g/mol. The topological polar surface area (TPSA) is 201 Å². The van der Waals surface area contributed by atoms with Crippen LogP contribution in [0.3, 0.4) is 0 Å². The van der Waals surface area contributed by atoms with E-state index >= 15 is 0 Å². The summed E-state index contributed by atoms with van der Waals surface area (Å²) in [6.45, 7) is 3.86. The molecule has 14 nitrogen and oxygen atoms in total. The zero-order valence-corrected chi connectivity index (χ0v) is 26.8. The second-order valence-corrected chi connectivity index (χ2v) is 15.1. The molecule has 0 radical (unpaired) electrons. The van der Waals surface area contributed by atoms with Crippen LogP contribution in [0.1, 0.15) is 31.4 Å². The Hall–Kier alpha value is -2.59. The molecular weight excluding hydrogens is 631 g/mol. The zero-order valence-electron chi connectivity index (χ0n) is 25.1. The van der Waals surface area contributed by atoms with Gasteiger partial charge < -0.3 is 44.3 Å². The molecule has 2 aromatic carbocycles. The Morgan fingerprint density at radius 1 is 1.07 bits per heavy atom. The summed E-state index contributed by atoms with van der Waals surface area (Å²) >= 11 is 0. The number of aliphatic hydroxyl groups excluding tert-OH is 2. The van der Waals surface area contributed by atoms with Crippen molar-refractivity contribution in [3.63, 3.8) is 0 Å². The normalized spacial score (nSPS) is 21.5. The number of benzene rings is 2. The van der Waals surface area contributed by atoms with Crippen molar-refractivity contribution in [2.75, 3.05) is 32.7 Å². The lowest BCUT2D eigenvalue weighted by Gasteiger charge is -2.31. The Morgan fingerprint density at radius 3 is 2.36 bits per heavy atom. The van der Waals surface area contributed by atoms with Crippen LogP contribution < -0.4 is 10.1 Å². The number of fused-ring (bicyclic) bond motifs is 1. The van der Waals surface area contributed by atoms with Crippen LogP contribution in [0.5, 0.6) is 5.75 Å². The molecule has 4 rings (SSSR count). The lowest BCUT2D eigenvalue weighted by atomic mass is 10.0. The van der Waals surface area contributed by atoms with Crippen molar-refractivity contribution < 1.29 is 56.7 Å². The number of carbonyl (C=O) groups is 1. The SMILES string of the molecule is CC(C)CN(C[C@@H](O)[C@H](Cc1ccc(OCP(=O)(O)O)cc1)NC(=O)O[C@H]1CO[C@H]2OCC[C@H]21)S(=O)(=O)c1ccc(CO)cc1. The van der Waals surface area contributed by atoms with Crippen LogP contribution in [0, 0.1) is 11.8 Å². The second-order valence-electron chi connectivity index (χ2n) is 11.6. The number of nitrogens with zero attached hydrogens (tertiary/aromatic N) is 1. The van der Waals surface area contributed by atoms with E-state index in [2.05, 4.69) is 5.32 Å². The van der Waals surface area contributed by atoms with Crippen LogP contribution in [0.2, 0.25) is 0 Å². The number of rotatable bonds is 15. The van der Waals surface area contributed by atoms with E-state index in [1.54, 1.807) is 12.1 Å². The first-order valence-electron chi connectivity index (χ1n) is 14.6. The fourth-order valence-electron chi connectivity index (χ4n) is 5.22. The van der Waals surface area contributed by atoms with Crippen molar-refractivity contribution in [3.05, 3.63) is 59.7 Å². The molecule has 5 N–H and O–H groups in total. The summed E-state index contributed by atoms with van der Waals surface area (Å²) < 4.78 is 61.4. The number of hydrogen-bond donors (Lipinski definition) is 5. The molecule has 0 saturated carbocycles. The van der Waals surface area contributed by atoms with Gasteiger partial charge in [-0.1, -0.05) is 38.1 Å². The number of hydrogen-bond acceptors (Lipinski definition) is 10. The molecule has 2 aromatic rings. The lowest BCUT2D eigenvalue weighted by molar-refractivity contribution is -0.0907. The number of ether oxygens (including phenoxy) is 4. The first-order chi connectivity index (χ1) is 21.2.